The van der Waals surface area contributed by atoms with E-state index in [0.29, 0.717) is 16.1 Å². The summed E-state index contributed by atoms with van der Waals surface area (Å²) < 4.78 is 39.0. The second-order valence-electron chi connectivity index (χ2n) is 9.45. The molecule has 0 aliphatic carbocycles. The molecule has 0 saturated carbocycles. The van der Waals surface area contributed by atoms with Crippen LogP contribution >= 0.6 is 23.4 Å². The van der Waals surface area contributed by atoms with Gasteiger partial charge in [0.25, 0.3) is 5.60 Å². The Bertz CT molecular complexity index is 1280. The topological polar surface area (TPSA) is 115 Å². The first-order valence-corrected chi connectivity index (χ1v) is 16.4. The van der Waals surface area contributed by atoms with Gasteiger partial charge in [0.2, 0.25) is 5.28 Å². The number of thioether (sulfide) groups is 1. The molecule has 0 aliphatic heterocycles. The molecule has 44 heavy (non-hydrogen) atoms. The molecule has 3 aromatic rings. The standard InChI is InChI=1S/C29H38ClFN4O6S.C2H6/c1-5-8-12-15-42-25-23-24(33-28(30)34-25)35(19-32-23)22(31)16-21(38-4)18-41-29(26(36)39-6-2,27(37)40-7-3)17-20-13-10-9-11-14-20;1-2/h9-11,13-14,19,21-22H,5-8,12,15-18H2,1-4H3;1-2H3. The Balaban J connectivity index is 0.00000330. The highest BCUT2D eigenvalue weighted by Gasteiger charge is 2.51. The Kier molecular flexibility index (Phi) is 16.6. The molecule has 2 unspecified atom stereocenters. The SMILES string of the molecule is CC.CCCCCSc1nc(Cl)nc2c1ncn2C(F)CC(COC(Cc1ccccc1)(C(=O)OCC)C(=O)OCC)OC. The molecule has 0 radical (unpaired) electrons. The highest BCUT2D eigenvalue weighted by atomic mass is 35.5. The van der Waals surface area contributed by atoms with Crippen LogP contribution < -0.4 is 0 Å². The van der Waals surface area contributed by atoms with Crippen LogP contribution in [-0.4, -0.2) is 75.8 Å². The number of methoxy groups -OCH3 is 1. The summed E-state index contributed by atoms with van der Waals surface area (Å²) in [6.45, 7) is 9.13. The lowest BCUT2D eigenvalue weighted by molar-refractivity contribution is -0.195. The van der Waals surface area contributed by atoms with Gasteiger partial charge in [0.1, 0.15) is 10.5 Å². The van der Waals surface area contributed by atoms with E-state index in [1.54, 1.807) is 38.1 Å². The monoisotopic (exact) mass is 654 g/mol. The summed E-state index contributed by atoms with van der Waals surface area (Å²) in [6, 6.07) is 8.89. The zero-order chi connectivity index (χ0) is 32.5. The van der Waals surface area contributed by atoms with Crippen molar-refractivity contribution < 1.29 is 32.9 Å². The third kappa shape index (κ3) is 10.1. The first kappa shape index (κ1) is 37.4. The van der Waals surface area contributed by atoms with Crippen molar-refractivity contribution in [1.82, 2.24) is 19.5 Å². The summed E-state index contributed by atoms with van der Waals surface area (Å²) in [4.78, 5) is 39.3. The van der Waals surface area contributed by atoms with Gasteiger partial charge in [-0.05, 0) is 43.2 Å². The van der Waals surface area contributed by atoms with Crippen LogP contribution in [0.2, 0.25) is 5.28 Å². The summed E-state index contributed by atoms with van der Waals surface area (Å²) in [6.07, 6.45) is 1.71. The number of halogens is 2. The Labute approximate surface area is 268 Å². The van der Waals surface area contributed by atoms with Crippen molar-refractivity contribution in [3.8, 4) is 0 Å². The van der Waals surface area contributed by atoms with Crippen molar-refractivity contribution in [2.75, 3.05) is 32.7 Å². The van der Waals surface area contributed by atoms with Gasteiger partial charge in [0.05, 0.1) is 32.3 Å². The van der Waals surface area contributed by atoms with Crippen molar-refractivity contribution in [2.45, 2.75) is 89.7 Å². The van der Waals surface area contributed by atoms with Gasteiger partial charge in [-0.3, -0.25) is 4.57 Å². The Morgan fingerprint density at radius 2 is 1.70 bits per heavy atom. The molecule has 10 nitrogen and oxygen atoms in total. The lowest BCUT2D eigenvalue weighted by Crippen LogP contribution is -2.54. The predicted molar refractivity (Wildman–Crippen MR) is 170 cm³/mol. The normalized spacial score (nSPS) is 12.7. The van der Waals surface area contributed by atoms with E-state index in [1.807, 2.05) is 19.9 Å². The minimum atomic E-state index is -2.11. The van der Waals surface area contributed by atoms with Gasteiger partial charge >= 0.3 is 11.9 Å². The van der Waals surface area contributed by atoms with Gasteiger partial charge in [0.15, 0.2) is 11.9 Å². The maximum atomic E-state index is 15.8. The quantitative estimate of drug-likeness (QED) is 0.0363. The fourth-order valence-corrected chi connectivity index (χ4v) is 5.45. The number of benzene rings is 1. The number of aromatic nitrogens is 4. The third-order valence-corrected chi connectivity index (χ3v) is 7.68. The number of hydrogen-bond acceptors (Lipinski definition) is 10. The number of alkyl halides is 1. The van der Waals surface area contributed by atoms with Crippen LogP contribution in [0.3, 0.4) is 0 Å². The molecule has 0 N–H and O–H groups in total. The molecular weight excluding hydrogens is 611 g/mol. The Morgan fingerprint density at radius 1 is 1.05 bits per heavy atom. The van der Waals surface area contributed by atoms with Crippen molar-refractivity contribution in [3.05, 3.63) is 47.5 Å². The molecule has 2 heterocycles. The number of rotatable bonds is 18. The van der Waals surface area contributed by atoms with Crippen LogP contribution in [0, 0.1) is 0 Å². The fourth-order valence-electron chi connectivity index (χ4n) is 4.27. The molecule has 0 fully saturated rings. The van der Waals surface area contributed by atoms with Crippen LogP contribution in [-0.2, 0) is 35.0 Å². The molecule has 0 spiro atoms. The van der Waals surface area contributed by atoms with Crippen LogP contribution in [0.1, 0.15) is 72.2 Å². The number of ether oxygens (including phenoxy) is 4. The highest BCUT2D eigenvalue weighted by molar-refractivity contribution is 7.99. The molecule has 3 rings (SSSR count). The maximum absolute atomic E-state index is 15.8. The summed E-state index contributed by atoms with van der Waals surface area (Å²) in [5, 5.41) is 0.587. The molecule has 2 atom stereocenters. The molecule has 0 saturated heterocycles. The number of unbranched alkanes of at least 4 members (excludes halogenated alkanes) is 2. The lowest BCUT2D eigenvalue weighted by Gasteiger charge is -2.31. The van der Waals surface area contributed by atoms with Crippen molar-refractivity contribution in [2.24, 2.45) is 0 Å². The van der Waals surface area contributed by atoms with Gasteiger partial charge in [-0.2, -0.15) is 4.98 Å². The largest absolute Gasteiger partial charge is 0.463 e. The summed E-state index contributed by atoms with van der Waals surface area (Å²) in [5.74, 6) is -0.957. The molecule has 0 amide bonds. The number of carbonyl (C=O) groups excluding carboxylic acids is 2. The minimum absolute atomic E-state index is 0.00404. The first-order valence-electron chi connectivity index (χ1n) is 15.0. The summed E-state index contributed by atoms with van der Waals surface area (Å²) >= 11 is 7.68. The van der Waals surface area contributed by atoms with E-state index in [0.717, 1.165) is 25.0 Å². The summed E-state index contributed by atoms with van der Waals surface area (Å²) in [5.41, 5.74) is -0.740. The van der Waals surface area contributed by atoms with E-state index in [4.69, 9.17) is 30.5 Å². The molecule has 244 valence electrons. The fraction of sp³-hybridized carbons (Fsp3) is 0.581. The van der Waals surface area contributed by atoms with Crippen LogP contribution in [0.4, 0.5) is 4.39 Å². The number of carbonyl (C=O) groups is 2. The number of esters is 2. The van der Waals surface area contributed by atoms with E-state index in [2.05, 4.69) is 21.9 Å². The van der Waals surface area contributed by atoms with E-state index >= 15 is 4.39 Å². The Hall–Kier alpha value is -2.80. The van der Waals surface area contributed by atoms with Crippen LogP contribution in [0.15, 0.2) is 41.7 Å². The average molecular weight is 655 g/mol. The lowest BCUT2D eigenvalue weighted by atomic mass is 9.94. The third-order valence-electron chi connectivity index (χ3n) is 6.46. The second-order valence-corrected chi connectivity index (χ2v) is 10.9. The number of fused-ring (bicyclic) bond motifs is 1. The smallest absolute Gasteiger partial charge is 0.350 e. The molecule has 0 aliphatic rings. The van der Waals surface area contributed by atoms with Gasteiger partial charge < -0.3 is 18.9 Å². The number of nitrogens with zero attached hydrogens (tertiary/aromatic N) is 4. The Morgan fingerprint density at radius 3 is 2.30 bits per heavy atom. The van der Waals surface area contributed by atoms with E-state index in [1.165, 1.54) is 29.8 Å². The minimum Gasteiger partial charge on any atom is -0.463 e. The molecular formula is C31H44ClFN4O6S. The van der Waals surface area contributed by atoms with Crippen LogP contribution in [0.5, 0.6) is 0 Å². The van der Waals surface area contributed by atoms with E-state index in [-0.39, 0.29) is 43.6 Å². The van der Waals surface area contributed by atoms with Crippen molar-refractivity contribution in [3.63, 3.8) is 0 Å². The molecule has 2 aromatic heterocycles. The molecule has 0 bridgehead atoms. The second kappa shape index (κ2) is 19.6. The van der Waals surface area contributed by atoms with Gasteiger partial charge in [0, 0.05) is 20.0 Å². The highest BCUT2D eigenvalue weighted by Crippen LogP contribution is 2.30. The molecule has 13 heteroatoms. The van der Waals surface area contributed by atoms with Crippen molar-refractivity contribution >= 4 is 46.5 Å². The van der Waals surface area contributed by atoms with Gasteiger partial charge in [-0.15, -0.1) is 11.8 Å². The van der Waals surface area contributed by atoms with E-state index in [9.17, 15) is 9.59 Å². The summed E-state index contributed by atoms with van der Waals surface area (Å²) in [7, 11) is 1.39. The van der Waals surface area contributed by atoms with Crippen molar-refractivity contribution in [1.29, 1.82) is 0 Å². The van der Waals surface area contributed by atoms with Gasteiger partial charge in [-0.1, -0.05) is 63.9 Å². The zero-order valence-electron chi connectivity index (χ0n) is 26.4. The average Bonchev–Trinajstić information content (AvgIpc) is 3.46. The van der Waals surface area contributed by atoms with Crippen LogP contribution in [0.25, 0.3) is 11.2 Å². The zero-order valence-corrected chi connectivity index (χ0v) is 28.0. The first-order chi connectivity index (χ1) is 21.3. The van der Waals surface area contributed by atoms with Gasteiger partial charge in [-0.25, -0.2) is 23.9 Å². The number of hydrogen-bond donors (Lipinski definition) is 0. The number of imidazole rings is 1. The maximum Gasteiger partial charge on any atom is 0.350 e. The predicted octanol–water partition coefficient (Wildman–Crippen LogP) is 6.79. The molecule has 1 aromatic carbocycles. The van der Waals surface area contributed by atoms with E-state index < -0.39 is 29.9 Å².